The molecular formula is C20H23NO2. The van der Waals surface area contributed by atoms with Gasteiger partial charge in [0, 0.05) is 13.1 Å². The molecular weight excluding hydrogens is 286 g/mol. The van der Waals surface area contributed by atoms with Gasteiger partial charge in [0.05, 0.1) is 0 Å². The normalized spacial score (nSPS) is 13.7. The summed E-state index contributed by atoms with van der Waals surface area (Å²) in [7, 11) is 2.12. The van der Waals surface area contributed by atoms with Crippen LogP contribution in [-0.2, 0) is 6.54 Å². The van der Waals surface area contributed by atoms with Crippen LogP contribution in [0.3, 0.4) is 0 Å². The summed E-state index contributed by atoms with van der Waals surface area (Å²) in [5.41, 5.74) is 3.82. The fourth-order valence-electron chi connectivity index (χ4n) is 2.70. The molecule has 1 aliphatic rings. The molecule has 23 heavy (non-hydrogen) atoms. The number of nitrogens with zero attached hydrogens (tertiary/aromatic N) is 1. The molecule has 0 saturated heterocycles. The Morgan fingerprint density at radius 1 is 1.04 bits per heavy atom. The summed E-state index contributed by atoms with van der Waals surface area (Å²) in [5.74, 6) is 1.71. The van der Waals surface area contributed by atoms with E-state index in [0.717, 1.165) is 24.6 Å². The van der Waals surface area contributed by atoms with Gasteiger partial charge in [-0.25, -0.2) is 0 Å². The van der Waals surface area contributed by atoms with Gasteiger partial charge in [0.25, 0.3) is 0 Å². The minimum absolute atomic E-state index is 0.630. The van der Waals surface area contributed by atoms with Crippen molar-refractivity contribution in [2.24, 2.45) is 0 Å². The summed E-state index contributed by atoms with van der Waals surface area (Å²) < 4.78 is 11.2. The van der Waals surface area contributed by atoms with Crippen molar-refractivity contribution in [1.82, 2.24) is 4.90 Å². The lowest BCUT2D eigenvalue weighted by atomic mass is 10.1. The van der Waals surface area contributed by atoms with Crippen LogP contribution >= 0.6 is 0 Å². The van der Waals surface area contributed by atoms with E-state index in [1.807, 2.05) is 6.07 Å². The molecule has 0 unspecified atom stereocenters. The molecule has 0 spiro atoms. The third-order valence-corrected chi connectivity index (χ3v) is 3.96. The Balaban J connectivity index is 1.57. The first-order chi connectivity index (χ1) is 11.2. The number of likely N-dealkylation sites (N-methyl/N-ethyl adjacent to an activating group) is 1. The van der Waals surface area contributed by atoms with E-state index in [1.54, 1.807) is 0 Å². The number of hydrogen-bond acceptors (Lipinski definition) is 3. The molecule has 120 valence electrons. The second kappa shape index (κ2) is 7.34. The molecule has 3 rings (SSSR count). The maximum Gasteiger partial charge on any atom is 0.161 e. The maximum atomic E-state index is 5.64. The highest BCUT2D eigenvalue weighted by Crippen LogP contribution is 2.30. The number of benzene rings is 2. The standard InChI is InChI=1S/C20H23NO2/c1-16-6-3-4-7-18(16)8-5-11-21(2)15-17-9-10-19-20(14-17)23-13-12-22-19/h3-10,14H,11-13,15H2,1-2H3/b8-5+. The Kier molecular flexibility index (Phi) is 4.99. The maximum absolute atomic E-state index is 5.64. The molecule has 0 N–H and O–H groups in total. The molecule has 3 heteroatoms. The van der Waals surface area contributed by atoms with Crippen LogP contribution in [0.25, 0.3) is 6.08 Å². The van der Waals surface area contributed by atoms with Gasteiger partial charge in [-0.3, -0.25) is 4.90 Å². The summed E-state index contributed by atoms with van der Waals surface area (Å²) in [4.78, 5) is 2.28. The second-order valence-corrected chi connectivity index (χ2v) is 5.93. The van der Waals surface area contributed by atoms with Gasteiger partial charge in [-0.15, -0.1) is 0 Å². The Morgan fingerprint density at radius 3 is 2.65 bits per heavy atom. The van der Waals surface area contributed by atoms with Crippen LogP contribution in [0.2, 0.25) is 0 Å². The van der Waals surface area contributed by atoms with Crippen LogP contribution in [0.15, 0.2) is 48.5 Å². The Labute approximate surface area is 138 Å². The first-order valence-electron chi connectivity index (χ1n) is 8.01. The summed E-state index contributed by atoms with van der Waals surface area (Å²) >= 11 is 0. The van der Waals surface area contributed by atoms with E-state index in [-0.39, 0.29) is 0 Å². The zero-order valence-corrected chi connectivity index (χ0v) is 13.8. The number of hydrogen-bond donors (Lipinski definition) is 0. The lowest BCUT2D eigenvalue weighted by molar-refractivity contribution is 0.171. The second-order valence-electron chi connectivity index (χ2n) is 5.93. The van der Waals surface area contributed by atoms with E-state index in [9.17, 15) is 0 Å². The van der Waals surface area contributed by atoms with Crippen molar-refractivity contribution in [2.75, 3.05) is 26.8 Å². The van der Waals surface area contributed by atoms with Gasteiger partial charge < -0.3 is 9.47 Å². The van der Waals surface area contributed by atoms with Crippen molar-refractivity contribution in [2.45, 2.75) is 13.5 Å². The number of aryl methyl sites for hydroxylation is 1. The Bertz CT molecular complexity index is 694. The molecule has 0 radical (unpaired) electrons. The number of rotatable bonds is 5. The highest BCUT2D eigenvalue weighted by Gasteiger charge is 2.12. The molecule has 0 aliphatic carbocycles. The zero-order chi connectivity index (χ0) is 16.1. The van der Waals surface area contributed by atoms with E-state index in [2.05, 4.69) is 67.4 Å². The van der Waals surface area contributed by atoms with E-state index in [1.165, 1.54) is 16.7 Å². The van der Waals surface area contributed by atoms with Gasteiger partial charge in [-0.1, -0.05) is 42.5 Å². The third kappa shape index (κ3) is 4.14. The van der Waals surface area contributed by atoms with Crippen molar-refractivity contribution in [3.05, 3.63) is 65.2 Å². The van der Waals surface area contributed by atoms with Crippen LogP contribution in [0.5, 0.6) is 11.5 Å². The molecule has 0 saturated carbocycles. The van der Waals surface area contributed by atoms with Gasteiger partial charge in [0.1, 0.15) is 13.2 Å². The smallest absolute Gasteiger partial charge is 0.161 e. The largest absolute Gasteiger partial charge is 0.486 e. The Morgan fingerprint density at radius 2 is 1.83 bits per heavy atom. The zero-order valence-electron chi connectivity index (χ0n) is 13.8. The van der Waals surface area contributed by atoms with Gasteiger partial charge in [-0.2, -0.15) is 0 Å². The monoisotopic (exact) mass is 309 g/mol. The average molecular weight is 309 g/mol. The lowest BCUT2D eigenvalue weighted by Crippen LogP contribution is -2.19. The summed E-state index contributed by atoms with van der Waals surface area (Å²) in [6, 6.07) is 14.6. The minimum Gasteiger partial charge on any atom is -0.486 e. The molecule has 0 amide bonds. The highest BCUT2D eigenvalue weighted by molar-refractivity contribution is 5.53. The average Bonchev–Trinajstić information content (AvgIpc) is 2.56. The highest BCUT2D eigenvalue weighted by atomic mass is 16.6. The number of fused-ring (bicyclic) bond motifs is 1. The van der Waals surface area contributed by atoms with Crippen molar-refractivity contribution in [3.8, 4) is 11.5 Å². The van der Waals surface area contributed by atoms with Crippen molar-refractivity contribution >= 4 is 6.08 Å². The fraction of sp³-hybridized carbons (Fsp3) is 0.300. The van der Waals surface area contributed by atoms with E-state index >= 15 is 0 Å². The van der Waals surface area contributed by atoms with Crippen LogP contribution in [0, 0.1) is 6.92 Å². The predicted molar refractivity (Wildman–Crippen MR) is 94.0 cm³/mol. The van der Waals surface area contributed by atoms with Gasteiger partial charge in [-0.05, 0) is 42.8 Å². The van der Waals surface area contributed by atoms with Gasteiger partial charge in [0.2, 0.25) is 0 Å². The van der Waals surface area contributed by atoms with Crippen LogP contribution in [0.1, 0.15) is 16.7 Å². The van der Waals surface area contributed by atoms with Gasteiger partial charge in [0.15, 0.2) is 11.5 Å². The topological polar surface area (TPSA) is 21.7 Å². The molecule has 1 heterocycles. The molecule has 0 aromatic heterocycles. The fourth-order valence-corrected chi connectivity index (χ4v) is 2.70. The molecule has 1 aliphatic heterocycles. The molecule has 0 atom stereocenters. The SMILES string of the molecule is Cc1ccccc1/C=C/CN(C)Cc1ccc2c(c1)OCCO2. The number of ether oxygens (including phenoxy) is 2. The van der Waals surface area contributed by atoms with Crippen LogP contribution in [-0.4, -0.2) is 31.7 Å². The molecule has 0 bridgehead atoms. The first kappa shape index (κ1) is 15.6. The Hall–Kier alpha value is -2.26. The lowest BCUT2D eigenvalue weighted by Gasteiger charge is -2.20. The summed E-state index contributed by atoms with van der Waals surface area (Å²) in [5, 5.41) is 0. The summed E-state index contributed by atoms with van der Waals surface area (Å²) in [6.07, 6.45) is 4.40. The molecule has 2 aromatic carbocycles. The van der Waals surface area contributed by atoms with E-state index < -0.39 is 0 Å². The van der Waals surface area contributed by atoms with Crippen LogP contribution in [0.4, 0.5) is 0 Å². The van der Waals surface area contributed by atoms with E-state index in [4.69, 9.17) is 9.47 Å². The van der Waals surface area contributed by atoms with Gasteiger partial charge >= 0.3 is 0 Å². The van der Waals surface area contributed by atoms with E-state index in [0.29, 0.717) is 13.2 Å². The quantitative estimate of drug-likeness (QED) is 0.836. The first-order valence-corrected chi connectivity index (χ1v) is 8.01. The molecule has 0 fully saturated rings. The van der Waals surface area contributed by atoms with Crippen molar-refractivity contribution in [3.63, 3.8) is 0 Å². The molecule has 3 nitrogen and oxygen atoms in total. The molecule has 2 aromatic rings. The van der Waals surface area contributed by atoms with Crippen molar-refractivity contribution in [1.29, 1.82) is 0 Å². The van der Waals surface area contributed by atoms with Crippen molar-refractivity contribution < 1.29 is 9.47 Å². The van der Waals surface area contributed by atoms with Crippen LogP contribution < -0.4 is 9.47 Å². The summed E-state index contributed by atoms with van der Waals surface area (Å²) in [6.45, 7) is 5.19. The minimum atomic E-state index is 0.630. The third-order valence-electron chi connectivity index (χ3n) is 3.96. The predicted octanol–water partition coefficient (Wildman–Crippen LogP) is 3.91.